The van der Waals surface area contributed by atoms with Gasteiger partial charge in [0.05, 0.1) is 7.11 Å². The molecule has 9 heteroatoms. The summed E-state index contributed by atoms with van der Waals surface area (Å²) in [6.45, 7) is 2.08. The van der Waals surface area contributed by atoms with Crippen LogP contribution in [0.5, 0.6) is 0 Å². The van der Waals surface area contributed by atoms with Crippen molar-refractivity contribution in [2.45, 2.75) is 19.9 Å². The lowest BCUT2D eigenvalue weighted by molar-refractivity contribution is -0.144. The quantitative estimate of drug-likeness (QED) is 0.501. The Hall–Kier alpha value is -2.32. The fourth-order valence-electron chi connectivity index (χ4n) is 1.40. The molecule has 4 N–H and O–H groups in total. The molecule has 0 rings (SSSR count). The molecule has 0 radical (unpaired) electrons. The Balaban J connectivity index is 4.91. The molecule has 1 unspecified atom stereocenters. The number of hydrogen-bond acceptors (Lipinski definition) is 5. The van der Waals surface area contributed by atoms with Crippen LogP contribution in [0, 0.1) is 5.92 Å². The first kappa shape index (κ1) is 17.7. The second kappa shape index (κ2) is 7.97. The van der Waals surface area contributed by atoms with Crippen LogP contribution in [-0.4, -0.2) is 60.1 Å². The average molecular weight is 289 g/mol. The summed E-state index contributed by atoms with van der Waals surface area (Å²) < 4.78 is 4.54. The van der Waals surface area contributed by atoms with E-state index >= 15 is 0 Å². The van der Waals surface area contributed by atoms with Crippen molar-refractivity contribution in [3.05, 3.63) is 0 Å². The minimum Gasteiger partial charge on any atom is -0.480 e. The highest BCUT2D eigenvalue weighted by Gasteiger charge is 2.28. The Morgan fingerprint density at radius 1 is 1.25 bits per heavy atom. The zero-order valence-corrected chi connectivity index (χ0v) is 11.6. The second-order valence-electron chi connectivity index (χ2n) is 4.41. The number of nitrogens with one attached hydrogen (secondary N) is 1. The Morgan fingerprint density at radius 3 is 2.15 bits per heavy atom. The molecular formula is C11H19N3O6. The summed E-state index contributed by atoms with van der Waals surface area (Å²) in [4.78, 5) is 45.5. The normalized spacial score (nSPS) is 11.6. The van der Waals surface area contributed by atoms with Gasteiger partial charge in [-0.05, 0) is 5.92 Å². The number of rotatable bonds is 7. The van der Waals surface area contributed by atoms with Gasteiger partial charge < -0.3 is 25.8 Å². The van der Waals surface area contributed by atoms with Crippen LogP contribution in [0.1, 0.15) is 13.8 Å². The first-order valence-electron chi connectivity index (χ1n) is 5.82. The monoisotopic (exact) mass is 289 g/mol. The van der Waals surface area contributed by atoms with Gasteiger partial charge in [-0.1, -0.05) is 13.8 Å². The number of ether oxygens (including phenoxy) is 1. The van der Waals surface area contributed by atoms with Crippen molar-refractivity contribution in [2.24, 2.45) is 11.7 Å². The zero-order valence-electron chi connectivity index (χ0n) is 11.6. The first-order chi connectivity index (χ1) is 9.18. The number of aliphatic carboxylic acids is 1. The Labute approximate surface area is 116 Å². The predicted molar refractivity (Wildman–Crippen MR) is 67.6 cm³/mol. The average Bonchev–Trinajstić information content (AvgIpc) is 2.32. The predicted octanol–water partition coefficient (Wildman–Crippen LogP) is -1.23. The van der Waals surface area contributed by atoms with Crippen molar-refractivity contribution in [1.29, 1.82) is 0 Å². The fourth-order valence-corrected chi connectivity index (χ4v) is 1.40. The van der Waals surface area contributed by atoms with Crippen molar-refractivity contribution in [2.75, 3.05) is 20.2 Å². The Bertz CT molecular complexity index is 380. The molecule has 0 spiro atoms. The maximum atomic E-state index is 11.9. The number of amides is 3. The fraction of sp³-hybridized carbons (Fsp3) is 0.636. The van der Waals surface area contributed by atoms with E-state index in [4.69, 9.17) is 10.8 Å². The van der Waals surface area contributed by atoms with Gasteiger partial charge in [-0.25, -0.2) is 9.59 Å². The number of nitrogens with two attached hydrogens (primary N) is 1. The van der Waals surface area contributed by atoms with E-state index in [0.29, 0.717) is 4.90 Å². The van der Waals surface area contributed by atoms with E-state index in [1.54, 1.807) is 13.8 Å². The molecule has 0 aromatic carbocycles. The molecule has 0 aliphatic heterocycles. The number of primary amides is 1. The van der Waals surface area contributed by atoms with Crippen LogP contribution in [0.15, 0.2) is 0 Å². The molecule has 20 heavy (non-hydrogen) atoms. The van der Waals surface area contributed by atoms with Crippen molar-refractivity contribution >= 4 is 23.9 Å². The molecule has 114 valence electrons. The first-order valence-corrected chi connectivity index (χ1v) is 5.82. The van der Waals surface area contributed by atoms with Crippen LogP contribution >= 0.6 is 0 Å². The van der Waals surface area contributed by atoms with Gasteiger partial charge in [0.15, 0.2) is 0 Å². The molecule has 0 aromatic heterocycles. The van der Waals surface area contributed by atoms with Crippen LogP contribution in [0.3, 0.4) is 0 Å². The Kier molecular flexibility index (Phi) is 7.05. The summed E-state index contributed by atoms with van der Waals surface area (Å²) in [5, 5.41) is 11.0. The lowest BCUT2D eigenvalue weighted by Gasteiger charge is -2.25. The van der Waals surface area contributed by atoms with Crippen molar-refractivity contribution in [1.82, 2.24) is 10.2 Å². The molecule has 0 aliphatic carbocycles. The number of esters is 1. The van der Waals surface area contributed by atoms with E-state index in [9.17, 15) is 19.2 Å². The van der Waals surface area contributed by atoms with Crippen molar-refractivity contribution in [3.63, 3.8) is 0 Å². The lowest BCUT2D eigenvalue weighted by atomic mass is 10.1. The number of hydrogen-bond donors (Lipinski definition) is 3. The van der Waals surface area contributed by atoms with E-state index < -0.39 is 43.0 Å². The van der Waals surface area contributed by atoms with E-state index in [2.05, 4.69) is 10.1 Å². The maximum Gasteiger partial charge on any atom is 0.328 e. The van der Waals surface area contributed by atoms with Crippen LogP contribution in [0.2, 0.25) is 0 Å². The summed E-state index contributed by atoms with van der Waals surface area (Å²) in [5.41, 5.74) is 4.94. The summed E-state index contributed by atoms with van der Waals surface area (Å²) in [5.74, 6) is -3.10. The minimum atomic E-state index is -1.31. The van der Waals surface area contributed by atoms with Crippen LogP contribution in [0.4, 0.5) is 4.79 Å². The number of nitrogens with zero attached hydrogens (tertiary/aromatic N) is 1. The number of carboxylic acids is 1. The molecule has 0 aromatic rings. The molecule has 0 heterocycles. The molecule has 9 nitrogen and oxygen atoms in total. The topological polar surface area (TPSA) is 139 Å². The second-order valence-corrected chi connectivity index (χ2v) is 4.41. The van der Waals surface area contributed by atoms with Crippen molar-refractivity contribution in [3.8, 4) is 0 Å². The number of carbonyl (C=O) groups excluding carboxylic acids is 3. The van der Waals surface area contributed by atoms with Gasteiger partial charge in [0.25, 0.3) is 0 Å². The third-order valence-electron chi connectivity index (χ3n) is 2.36. The number of carboxylic acid groups (broad SMARTS) is 1. The van der Waals surface area contributed by atoms with Gasteiger partial charge in [-0.3, -0.25) is 9.59 Å². The maximum absolute atomic E-state index is 11.9. The van der Waals surface area contributed by atoms with E-state index in [1.807, 2.05) is 0 Å². The van der Waals surface area contributed by atoms with Crippen molar-refractivity contribution < 1.29 is 29.0 Å². The van der Waals surface area contributed by atoms with E-state index in [0.717, 1.165) is 0 Å². The zero-order chi connectivity index (χ0) is 15.9. The largest absolute Gasteiger partial charge is 0.480 e. The highest BCUT2D eigenvalue weighted by atomic mass is 16.5. The summed E-state index contributed by atoms with van der Waals surface area (Å²) in [6.07, 6.45) is 0. The molecule has 0 aliphatic rings. The van der Waals surface area contributed by atoms with Gasteiger partial charge in [0.1, 0.15) is 19.1 Å². The van der Waals surface area contributed by atoms with E-state index in [-0.39, 0.29) is 5.92 Å². The third kappa shape index (κ3) is 6.03. The minimum absolute atomic E-state index is 0.272. The smallest absolute Gasteiger partial charge is 0.328 e. The third-order valence-corrected chi connectivity index (χ3v) is 2.36. The number of urea groups is 1. The standard InChI is InChI=1S/C11H19N3O6/c1-6(2)9(10(18)20-3)13-11(19)14(4-7(12)15)5-8(16)17/h6,9H,4-5H2,1-3H3,(H2,12,15)(H,13,19)(H,16,17). The van der Waals surface area contributed by atoms with Crippen LogP contribution in [-0.2, 0) is 19.1 Å². The molecule has 0 saturated carbocycles. The van der Waals surface area contributed by atoms with Gasteiger partial charge in [0, 0.05) is 0 Å². The van der Waals surface area contributed by atoms with Crippen LogP contribution < -0.4 is 11.1 Å². The van der Waals surface area contributed by atoms with Crippen LogP contribution in [0.25, 0.3) is 0 Å². The van der Waals surface area contributed by atoms with Gasteiger partial charge in [0.2, 0.25) is 5.91 Å². The Morgan fingerprint density at radius 2 is 1.80 bits per heavy atom. The highest BCUT2D eigenvalue weighted by molar-refractivity contribution is 5.88. The van der Waals surface area contributed by atoms with E-state index in [1.165, 1.54) is 7.11 Å². The lowest BCUT2D eigenvalue weighted by Crippen LogP contribution is -2.53. The molecule has 0 saturated heterocycles. The molecular weight excluding hydrogens is 270 g/mol. The number of carbonyl (C=O) groups is 4. The van der Waals surface area contributed by atoms with Gasteiger partial charge >= 0.3 is 18.0 Å². The molecule has 3 amide bonds. The summed E-state index contributed by atoms with van der Waals surface area (Å²) in [6, 6.07) is -1.83. The summed E-state index contributed by atoms with van der Waals surface area (Å²) >= 11 is 0. The molecule has 1 atom stereocenters. The number of methoxy groups -OCH3 is 1. The molecule has 0 bridgehead atoms. The molecule has 0 fully saturated rings. The SMILES string of the molecule is COC(=O)C(NC(=O)N(CC(N)=O)CC(=O)O)C(C)C. The van der Waals surface area contributed by atoms with Gasteiger partial charge in [-0.15, -0.1) is 0 Å². The van der Waals surface area contributed by atoms with Gasteiger partial charge in [-0.2, -0.15) is 0 Å². The highest BCUT2D eigenvalue weighted by Crippen LogP contribution is 2.04. The summed E-state index contributed by atoms with van der Waals surface area (Å²) in [7, 11) is 1.17.